The number of carboxylic acids is 1. The van der Waals surface area contributed by atoms with E-state index in [1.165, 1.54) is 4.90 Å². The monoisotopic (exact) mass is 250 g/mol. The minimum Gasteiger partial charge on any atom is -0.491 e. The van der Waals surface area contributed by atoms with Crippen molar-refractivity contribution in [2.75, 3.05) is 18.1 Å². The molecule has 1 aliphatic rings. The van der Waals surface area contributed by atoms with Crippen LogP contribution < -0.4 is 15.4 Å². The molecule has 0 radical (unpaired) electrons. The van der Waals surface area contributed by atoms with E-state index < -0.39 is 12.0 Å². The van der Waals surface area contributed by atoms with Gasteiger partial charge >= 0.3 is 5.97 Å². The van der Waals surface area contributed by atoms with Crippen LogP contribution in [0.25, 0.3) is 0 Å². The molecule has 1 heterocycles. The molecule has 1 aliphatic heterocycles. The zero-order chi connectivity index (χ0) is 13.1. The first kappa shape index (κ1) is 12.4. The molecule has 1 atom stereocenters. The SMILES string of the molecule is NC(CN1C(=O)CCOc2ccccc21)C(=O)O. The molecular formula is C12H14N2O4. The molecule has 0 bridgehead atoms. The number of amides is 1. The van der Waals surface area contributed by atoms with Gasteiger partial charge in [-0.15, -0.1) is 0 Å². The third-order valence-corrected chi connectivity index (χ3v) is 2.73. The maximum Gasteiger partial charge on any atom is 0.322 e. The predicted molar refractivity (Wildman–Crippen MR) is 64.5 cm³/mol. The van der Waals surface area contributed by atoms with Crippen molar-refractivity contribution < 1.29 is 19.4 Å². The Kier molecular flexibility index (Phi) is 3.47. The van der Waals surface area contributed by atoms with Gasteiger partial charge in [-0.2, -0.15) is 0 Å². The van der Waals surface area contributed by atoms with Crippen LogP contribution in [0.15, 0.2) is 24.3 Å². The first-order valence-corrected chi connectivity index (χ1v) is 5.60. The zero-order valence-corrected chi connectivity index (χ0v) is 9.70. The van der Waals surface area contributed by atoms with Crippen LogP contribution >= 0.6 is 0 Å². The van der Waals surface area contributed by atoms with Crippen LogP contribution in [-0.2, 0) is 9.59 Å². The average Bonchev–Trinajstić information content (AvgIpc) is 2.50. The van der Waals surface area contributed by atoms with Crippen molar-refractivity contribution in [1.29, 1.82) is 0 Å². The van der Waals surface area contributed by atoms with Crippen molar-refractivity contribution in [3.05, 3.63) is 24.3 Å². The minimum atomic E-state index is -1.13. The molecule has 0 saturated carbocycles. The first-order valence-electron chi connectivity index (χ1n) is 5.60. The molecule has 6 nitrogen and oxygen atoms in total. The summed E-state index contributed by atoms with van der Waals surface area (Å²) in [6, 6.07) is 5.91. The number of fused-ring (bicyclic) bond motifs is 1. The molecule has 18 heavy (non-hydrogen) atoms. The highest BCUT2D eigenvalue weighted by molar-refractivity contribution is 5.96. The Hall–Kier alpha value is -2.08. The van der Waals surface area contributed by atoms with E-state index in [0.717, 1.165) is 0 Å². The maximum absolute atomic E-state index is 11.9. The summed E-state index contributed by atoms with van der Waals surface area (Å²) in [6.45, 7) is 0.225. The standard InChI is InChI=1S/C12H14N2O4/c13-8(12(16)17)7-14-9-3-1-2-4-10(9)18-6-5-11(14)15/h1-4,8H,5-7,13H2,(H,16,17). The molecule has 1 unspecified atom stereocenters. The van der Waals surface area contributed by atoms with E-state index >= 15 is 0 Å². The highest BCUT2D eigenvalue weighted by Gasteiger charge is 2.26. The van der Waals surface area contributed by atoms with Crippen LogP contribution in [0.2, 0.25) is 0 Å². The molecule has 96 valence electrons. The van der Waals surface area contributed by atoms with Gasteiger partial charge in [-0.05, 0) is 12.1 Å². The van der Waals surface area contributed by atoms with E-state index in [4.69, 9.17) is 15.6 Å². The molecule has 1 aromatic rings. The number of aliphatic carboxylic acids is 1. The van der Waals surface area contributed by atoms with Crippen molar-refractivity contribution in [2.45, 2.75) is 12.5 Å². The highest BCUT2D eigenvalue weighted by Crippen LogP contribution is 2.30. The Labute approximate surface area is 104 Å². The van der Waals surface area contributed by atoms with Crippen LogP contribution in [-0.4, -0.2) is 36.2 Å². The molecule has 1 aromatic carbocycles. The maximum atomic E-state index is 11.9. The second kappa shape index (κ2) is 5.05. The molecular weight excluding hydrogens is 236 g/mol. The van der Waals surface area contributed by atoms with Gasteiger partial charge in [0.25, 0.3) is 0 Å². The number of hydrogen-bond acceptors (Lipinski definition) is 4. The van der Waals surface area contributed by atoms with Crippen LogP contribution in [0, 0.1) is 0 Å². The third kappa shape index (κ3) is 2.43. The Bertz CT molecular complexity index is 475. The molecule has 3 N–H and O–H groups in total. The number of carbonyl (C=O) groups is 2. The van der Waals surface area contributed by atoms with Crippen LogP contribution in [0.1, 0.15) is 6.42 Å². The number of rotatable bonds is 3. The lowest BCUT2D eigenvalue weighted by Crippen LogP contribution is -2.45. The van der Waals surface area contributed by atoms with Crippen LogP contribution in [0.4, 0.5) is 5.69 Å². The molecule has 1 amide bonds. The summed E-state index contributed by atoms with van der Waals surface area (Å²) >= 11 is 0. The van der Waals surface area contributed by atoms with Crippen molar-refractivity contribution in [2.24, 2.45) is 5.73 Å². The number of nitrogens with two attached hydrogens (primary N) is 1. The summed E-state index contributed by atoms with van der Waals surface area (Å²) in [7, 11) is 0. The largest absolute Gasteiger partial charge is 0.491 e. The second-order valence-electron chi connectivity index (χ2n) is 4.02. The third-order valence-electron chi connectivity index (χ3n) is 2.73. The van der Waals surface area contributed by atoms with Gasteiger partial charge in [0.15, 0.2) is 0 Å². The van der Waals surface area contributed by atoms with Crippen LogP contribution in [0.5, 0.6) is 5.75 Å². The van der Waals surface area contributed by atoms with E-state index in [9.17, 15) is 9.59 Å². The van der Waals surface area contributed by atoms with Gasteiger partial charge < -0.3 is 20.5 Å². The van der Waals surface area contributed by atoms with Gasteiger partial charge in [-0.3, -0.25) is 9.59 Å². The molecule has 0 saturated heterocycles. The van der Waals surface area contributed by atoms with Gasteiger partial charge in [0.05, 0.1) is 25.3 Å². The molecule has 0 fully saturated rings. The number of carbonyl (C=O) groups excluding carboxylic acids is 1. The molecule has 2 rings (SSSR count). The van der Waals surface area contributed by atoms with Crippen molar-refractivity contribution in [3.8, 4) is 5.75 Å². The molecule has 0 aromatic heterocycles. The van der Waals surface area contributed by atoms with Gasteiger partial charge in [-0.25, -0.2) is 0 Å². The van der Waals surface area contributed by atoms with Crippen molar-refractivity contribution >= 4 is 17.6 Å². The number of ether oxygens (including phenoxy) is 1. The van der Waals surface area contributed by atoms with Crippen molar-refractivity contribution in [1.82, 2.24) is 0 Å². The van der Waals surface area contributed by atoms with E-state index in [1.807, 2.05) is 0 Å². The van der Waals surface area contributed by atoms with Crippen LogP contribution in [0.3, 0.4) is 0 Å². The smallest absolute Gasteiger partial charge is 0.322 e. The fourth-order valence-electron chi connectivity index (χ4n) is 1.79. The van der Waals surface area contributed by atoms with E-state index in [-0.39, 0.29) is 25.5 Å². The van der Waals surface area contributed by atoms with Gasteiger partial charge in [0.2, 0.25) is 5.91 Å². The highest BCUT2D eigenvalue weighted by atomic mass is 16.5. The Balaban J connectivity index is 2.31. The summed E-state index contributed by atoms with van der Waals surface area (Å²) in [6.07, 6.45) is 0.209. The average molecular weight is 250 g/mol. The second-order valence-corrected chi connectivity index (χ2v) is 4.02. The fraction of sp³-hybridized carbons (Fsp3) is 0.333. The molecule has 0 spiro atoms. The summed E-state index contributed by atoms with van der Waals surface area (Å²) in [4.78, 5) is 24.1. The number of para-hydroxylation sites is 2. The van der Waals surface area contributed by atoms with Crippen molar-refractivity contribution in [3.63, 3.8) is 0 Å². The predicted octanol–water partition coefficient (Wildman–Crippen LogP) is 0.214. The van der Waals surface area contributed by atoms with E-state index in [1.54, 1.807) is 24.3 Å². The lowest BCUT2D eigenvalue weighted by molar-refractivity contribution is -0.138. The Morgan fingerprint density at radius 2 is 2.22 bits per heavy atom. The quantitative estimate of drug-likeness (QED) is 0.800. The summed E-state index contributed by atoms with van der Waals surface area (Å²) in [5.74, 6) is -0.747. The van der Waals surface area contributed by atoms with Gasteiger partial charge in [-0.1, -0.05) is 12.1 Å². The Morgan fingerprint density at radius 3 is 2.94 bits per heavy atom. The van der Waals surface area contributed by atoms with Gasteiger partial charge in [0.1, 0.15) is 11.8 Å². The number of carboxylic acid groups (broad SMARTS) is 1. The summed E-state index contributed by atoms with van der Waals surface area (Å²) in [5, 5.41) is 8.82. The normalized spacial score (nSPS) is 16.5. The van der Waals surface area contributed by atoms with E-state index in [2.05, 4.69) is 0 Å². The lowest BCUT2D eigenvalue weighted by atomic mass is 10.2. The summed E-state index contributed by atoms with van der Waals surface area (Å²) < 4.78 is 5.44. The topological polar surface area (TPSA) is 92.9 Å². The molecule has 0 aliphatic carbocycles. The van der Waals surface area contributed by atoms with Gasteiger partial charge in [0, 0.05) is 0 Å². The fourth-order valence-corrected chi connectivity index (χ4v) is 1.79. The zero-order valence-electron chi connectivity index (χ0n) is 9.70. The number of anilines is 1. The minimum absolute atomic E-state index is 0.0610. The number of hydrogen-bond donors (Lipinski definition) is 2. The summed E-state index contributed by atoms with van der Waals surface area (Å²) in [5.41, 5.74) is 6.05. The number of benzene rings is 1. The van der Waals surface area contributed by atoms with E-state index in [0.29, 0.717) is 11.4 Å². The Morgan fingerprint density at radius 1 is 1.50 bits per heavy atom. The first-order chi connectivity index (χ1) is 8.59. The molecule has 6 heteroatoms. The lowest BCUT2D eigenvalue weighted by Gasteiger charge is -2.23. The number of nitrogens with zero attached hydrogens (tertiary/aromatic N) is 1.